The Bertz CT molecular complexity index is 662. The van der Waals surface area contributed by atoms with Gasteiger partial charge in [-0.15, -0.1) is 11.3 Å². The van der Waals surface area contributed by atoms with Gasteiger partial charge in [-0.25, -0.2) is 0 Å². The highest BCUT2D eigenvalue weighted by atomic mass is 32.1. The number of hydrogen-bond donors (Lipinski definition) is 1. The van der Waals surface area contributed by atoms with Crippen molar-refractivity contribution in [1.29, 1.82) is 0 Å². The Morgan fingerprint density at radius 2 is 2.33 bits per heavy atom. The molecule has 1 atom stereocenters. The van der Waals surface area contributed by atoms with E-state index >= 15 is 0 Å². The standard InChI is InChI=1S/C16H20N2O2S/c1-20-9-8-18-11-12(5-6-16(18)19)17-14-3-2-4-15-13(14)7-10-21-15/h5-7,10-11,14,17H,2-4,8-9H2,1H3. The molecule has 1 aliphatic rings. The van der Waals surface area contributed by atoms with Gasteiger partial charge in [0.1, 0.15) is 0 Å². The maximum absolute atomic E-state index is 11.8. The molecule has 5 heteroatoms. The van der Waals surface area contributed by atoms with Gasteiger partial charge in [0.05, 0.1) is 18.3 Å². The molecule has 1 N–H and O–H groups in total. The number of pyridine rings is 1. The van der Waals surface area contributed by atoms with Gasteiger partial charge in [-0.1, -0.05) is 0 Å². The highest BCUT2D eigenvalue weighted by molar-refractivity contribution is 7.10. The van der Waals surface area contributed by atoms with E-state index in [-0.39, 0.29) is 5.56 Å². The van der Waals surface area contributed by atoms with Gasteiger partial charge in [-0.2, -0.15) is 0 Å². The van der Waals surface area contributed by atoms with Crippen molar-refractivity contribution in [3.05, 3.63) is 50.6 Å². The number of nitrogens with zero attached hydrogens (tertiary/aromatic N) is 1. The molecule has 0 spiro atoms. The van der Waals surface area contributed by atoms with Crippen LogP contribution in [-0.2, 0) is 17.7 Å². The van der Waals surface area contributed by atoms with Gasteiger partial charge >= 0.3 is 0 Å². The summed E-state index contributed by atoms with van der Waals surface area (Å²) >= 11 is 1.84. The lowest BCUT2D eigenvalue weighted by atomic mass is 9.94. The molecule has 1 aliphatic carbocycles. The summed E-state index contributed by atoms with van der Waals surface area (Å²) in [5, 5.41) is 5.74. The quantitative estimate of drug-likeness (QED) is 0.923. The summed E-state index contributed by atoms with van der Waals surface area (Å²) < 4.78 is 6.75. The van der Waals surface area contributed by atoms with Crippen LogP contribution in [0.25, 0.3) is 0 Å². The maximum atomic E-state index is 11.8. The molecule has 2 aromatic rings. The third kappa shape index (κ3) is 3.19. The Labute approximate surface area is 128 Å². The van der Waals surface area contributed by atoms with Crippen molar-refractivity contribution in [2.75, 3.05) is 19.0 Å². The molecule has 21 heavy (non-hydrogen) atoms. The number of aromatic nitrogens is 1. The van der Waals surface area contributed by atoms with Crippen LogP contribution in [0.4, 0.5) is 5.69 Å². The van der Waals surface area contributed by atoms with Gasteiger partial charge < -0.3 is 14.6 Å². The molecule has 0 radical (unpaired) electrons. The van der Waals surface area contributed by atoms with E-state index in [9.17, 15) is 4.79 Å². The van der Waals surface area contributed by atoms with Gasteiger partial charge in [0.25, 0.3) is 5.56 Å². The molecule has 0 saturated carbocycles. The van der Waals surface area contributed by atoms with Gasteiger partial charge in [-0.3, -0.25) is 4.79 Å². The van der Waals surface area contributed by atoms with Crippen molar-refractivity contribution in [2.24, 2.45) is 0 Å². The van der Waals surface area contributed by atoms with Crippen LogP contribution in [0.2, 0.25) is 0 Å². The number of aryl methyl sites for hydroxylation is 1. The molecule has 0 amide bonds. The van der Waals surface area contributed by atoms with Crippen molar-refractivity contribution < 1.29 is 4.74 Å². The number of nitrogens with one attached hydrogen (secondary N) is 1. The monoisotopic (exact) mass is 304 g/mol. The van der Waals surface area contributed by atoms with Crippen LogP contribution in [0.5, 0.6) is 0 Å². The Kier molecular flexibility index (Phi) is 4.41. The fourth-order valence-electron chi connectivity index (χ4n) is 2.82. The van der Waals surface area contributed by atoms with Crippen molar-refractivity contribution in [3.63, 3.8) is 0 Å². The zero-order valence-electron chi connectivity index (χ0n) is 12.2. The van der Waals surface area contributed by atoms with E-state index in [1.165, 1.54) is 23.3 Å². The van der Waals surface area contributed by atoms with Gasteiger partial charge in [-0.05, 0) is 42.3 Å². The second-order valence-corrected chi connectivity index (χ2v) is 6.33. The molecule has 0 aliphatic heterocycles. The van der Waals surface area contributed by atoms with Crippen molar-refractivity contribution in [2.45, 2.75) is 31.8 Å². The van der Waals surface area contributed by atoms with E-state index < -0.39 is 0 Å². The third-order valence-electron chi connectivity index (χ3n) is 3.91. The highest BCUT2D eigenvalue weighted by Crippen LogP contribution is 2.35. The Hall–Kier alpha value is -1.59. The molecule has 1 unspecified atom stereocenters. The smallest absolute Gasteiger partial charge is 0.250 e. The first-order valence-electron chi connectivity index (χ1n) is 7.30. The molecule has 3 rings (SSSR count). The van der Waals surface area contributed by atoms with Crippen LogP contribution < -0.4 is 10.9 Å². The molecule has 0 fully saturated rings. The number of anilines is 1. The summed E-state index contributed by atoms with van der Waals surface area (Å²) in [5.74, 6) is 0. The Balaban J connectivity index is 1.78. The number of ether oxygens (including phenoxy) is 1. The minimum atomic E-state index is 0.0115. The maximum Gasteiger partial charge on any atom is 0.250 e. The lowest BCUT2D eigenvalue weighted by Gasteiger charge is -2.25. The molecular formula is C16H20N2O2S. The zero-order valence-corrected chi connectivity index (χ0v) is 13.0. The fourth-order valence-corrected chi connectivity index (χ4v) is 3.81. The first-order valence-corrected chi connectivity index (χ1v) is 8.18. The largest absolute Gasteiger partial charge is 0.383 e. The average molecular weight is 304 g/mol. The second kappa shape index (κ2) is 6.45. The molecule has 4 nitrogen and oxygen atoms in total. The summed E-state index contributed by atoms with van der Waals surface area (Å²) in [6.07, 6.45) is 5.44. The number of rotatable bonds is 5. The van der Waals surface area contributed by atoms with Crippen LogP contribution in [0, 0.1) is 0 Å². The summed E-state index contributed by atoms with van der Waals surface area (Å²) in [7, 11) is 1.65. The van der Waals surface area contributed by atoms with E-state index in [0.29, 0.717) is 19.2 Å². The molecule has 0 aromatic carbocycles. The molecule has 0 bridgehead atoms. The van der Waals surface area contributed by atoms with E-state index in [1.807, 2.05) is 23.6 Å². The van der Waals surface area contributed by atoms with Crippen molar-refractivity contribution >= 4 is 17.0 Å². The Morgan fingerprint density at radius 3 is 3.19 bits per heavy atom. The first-order chi connectivity index (χ1) is 10.3. The SMILES string of the molecule is COCCn1cc(NC2CCCc3sccc32)ccc1=O. The molecule has 112 valence electrons. The Morgan fingerprint density at radius 1 is 1.43 bits per heavy atom. The van der Waals surface area contributed by atoms with Crippen LogP contribution in [0.1, 0.15) is 29.3 Å². The lowest BCUT2D eigenvalue weighted by molar-refractivity contribution is 0.186. The number of thiophene rings is 1. The number of hydrogen-bond acceptors (Lipinski definition) is 4. The predicted octanol–water partition coefficient (Wildman–Crippen LogP) is 3.05. The fraction of sp³-hybridized carbons (Fsp3) is 0.438. The molecular weight excluding hydrogens is 284 g/mol. The number of fused-ring (bicyclic) bond motifs is 1. The van der Waals surface area contributed by atoms with Crippen LogP contribution >= 0.6 is 11.3 Å². The molecule has 2 heterocycles. The topological polar surface area (TPSA) is 43.3 Å². The van der Waals surface area contributed by atoms with Crippen LogP contribution in [-0.4, -0.2) is 18.3 Å². The normalized spacial score (nSPS) is 17.5. The van der Waals surface area contributed by atoms with Crippen molar-refractivity contribution in [1.82, 2.24) is 4.57 Å². The summed E-state index contributed by atoms with van der Waals surface area (Å²) in [5.41, 5.74) is 2.42. The van der Waals surface area contributed by atoms with Gasteiger partial charge in [0.2, 0.25) is 0 Å². The summed E-state index contributed by atoms with van der Waals surface area (Å²) in [4.78, 5) is 13.3. The first kappa shape index (κ1) is 14.4. The van der Waals surface area contributed by atoms with Gasteiger partial charge in [0.15, 0.2) is 0 Å². The number of methoxy groups -OCH3 is 1. The summed E-state index contributed by atoms with van der Waals surface area (Å²) in [6.45, 7) is 1.13. The van der Waals surface area contributed by atoms with Crippen LogP contribution in [0.3, 0.4) is 0 Å². The molecule has 2 aromatic heterocycles. The minimum absolute atomic E-state index is 0.0115. The van der Waals surface area contributed by atoms with E-state index in [1.54, 1.807) is 17.7 Å². The lowest BCUT2D eigenvalue weighted by Crippen LogP contribution is -2.22. The minimum Gasteiger partial charge on any atom is -0.383 e. The van der Waals surface area contributed by atoms with Crippen LogP contribution in [0.15, 0.2) is 34.6 Å². The highest BCUT2D eigenvalue weighted by Gasteiger charge is 2.21. The summed E-state index contributed by atoms with van der Waals surface area (Å²) in [6, 6.07) is 6.06. The second-order valence-electron chi connectivity index (χ2n) is 5.33. The molecule has 0 saturated heterocycles. The third-order valence-corrected chi connectivity index (χ3v) is 4.91. The van der Waals surface area contributed by atoms with E-state index in [0.717, 1.165) is 12.1 Å². The van der Waals surface area contributed by atoms with Crippen molar-refractivity contribution in [3.8, 4) is 0 Å². The van der Waals surface area contributed by atoms with E-state index in [4.69, 9.17) is 4.74 Å². The predicted molar refractivity (Wildman–Crippen MR) is 86.2 cm³/mol. The van der Waals surface area contributed by atoms with E-state index in [2.05, 4.69) is 16.8 Å². The zero-order chi connectivity index (χ0) is 14.7. The van der Waals surface area contributed by atoms with Gasteiger partial charge in [0, 0.05) is 30.8 Å². The average Bonchev–Trinajstić information content (AvgIpc) is 2.97.